The van der Waals surface area contributed by atoms with Crippen LogP contribution in [0.15, 0.2) is 54.6 Å². The van der Waals surface area contributed by atoms with E-state index < -0.39 is 0 Å². The molecule has 0 aliphatic rings. The Balaban J connectivity index is 1.87. The van der Waals surface area contributed by atoms with E-state index in [0.29, 0.717) is 12.1 Å². The van der Waals surface area contributed by atoms with Crippen LogP contribution >= 0.6 is 0 Å². The highest BCUT2D eigenvalue weighted by atomic mass is 16.1. The Labute approximate surface area is 113 Å². The molecule has 0 heterocycles. The minimum Gasteiger partial charge on any atom is -0.341 e. The summed E-state index contributed by atoms with van der Waals surface area (Å²) in [6, 6.07) is 17.1. The van der Waals surface area contributed by atoms with E-state index in [2.05, 4.69) is 17.2 Å². The first kappa shape index (κ1) is 12.9. The maximum atomic E-state index is 11.7. The average Bonchev–Trinajstić information content (AvgIpc) is 2.46. The van der Waals surface area contributed by atoms with Gasteiger partial charge in [0.05, 0.1) is 6.54 Å². The van der Waals surface area contributed by atoms with E-state index in [4.69, 9.17) is 0 Å². The van der Waals surface area contributed by atoms with Crippen molar-refractivity contribution in [3.63, 3.8) is 0 Å². The van der Waals surface area contributed by atoms with Crippen molar-refractivity contribution in [2.24, 2.45) is 0 Å². The molecule has 0 aliphatic heterocycles. The van der Waals surface area contributed by atoms with Crippen LogP contribution in [0, 0.1) is 18.8 Å². The maximum Gasteiger partial charge on any atom is 0.252 e. The van der Waals surface area contributed by atoms with E-state index in [-0.39, 0.29) is 5.91 Å². The van der Waals surface area contributed by atoms with Gasteiger partial charge >= 0.3 is 0 Å². The molecule has 2 heteroatoms. The molecular weight excluding hydrogens is 234 g/mol. The van der Waals surface area contributed by atoms with Crippen LogP contribution in [0.25, 0.3) is 0 Å². The Kier molecular flexibility index (Phi) is 4.36. The number of benzene rings is 2. The van der Waals surface area contributed by atoms with E-state index in [1.165, 1.54) is 5.56 Å². The van der Waals surface area contributed by atoms with Crippen molar-refractivity contribution < 1.29 is 4.79 Å². The highest BCUT2D eigenvalue weighted by Crippen LogP contribution is 2.00. The maximum absolute atomic E-state index is 11.7. The summed E-state index contributed by atoms with van der Waals surface area (Å²) in [6.07, 6.45) is 0. The Morgan fingerprint density at radius 2 is 1.74 bits per heavy atom. The zero-order valence-corrected chi connectivity index (χ0v) is 10.8. The van der Waals surface area contributed by atoms with E-state index >= 15 is 0 Å². The van der Waals surface area contributed by atoms with Crippen molar-refractivity contribution in [2.75, 3.05) is 6.54 Å². The van der Waals surface area contributed by atoms with Gasteiger partial charge in [-0.15, -0.1) is 0 Å². The summed E-state index contributed by atoms with van der Waals surface area (Å²) in [5.74, 6) is 5.86. The van der Waals surface area contributed by atoms with Crippen LogP contribution < -0.4 is 5.32 Å². The quantitative estimate of drug-likeness (QED) is 0.815. The predicted octanol–water partition coefficient (Wildman–Crippen LogP) is 2.78. The van der Waals surface area contributed by atoms with Crippen LogP contribution in [0.2, 0.25) is 0 Å². The summed E-state index contributed by atoms with van der Waals surface area (Å²) in [5.41, 5.74) is 2.82. The monoisotopic (exact) mass is 249 g/mol. The zero-order valence-electron chi connectivity index (χ0n) is 10.8. The topological polar surface area (TPSA) is 29.1 Å². The standard InChI is InChI=1S/C17H15NO/c1-14-9-11-15(12-10-14)6-5-13-18-17(19)16-7-3-2-4-8-16/h2-4,7-12H,13H2,1H3,(H,18,19). The van der Waals surface area contributed by atoms with Crippen molar-refractivity contribution in [3.05, 3.63) is 71.3 Å². The van der Waals surface area contributed by atoms with E-state index in [9.17, 15) is 4.79 Å². The van der Waals surface area contributed by atoms with Gasteiger partial charge in [0.15, 0.2) is 0 Å². The number of rotatable bonds is 2. The average molecular weight is 249 g/mol. The molecule has 0 aromatic heterocycles. The first-order valence-electron chi connectivity index (χ1n) is 6.14. The lowest BCUT2D eigenvalue weighted by molar-refractivity contribution is 0.0958. The van der Waals surface area contributed by atoms with Crippen LogP contribution in [0.3, 0.4) is 0 Å². The second kappa shape index (κ2) is 6.42. The molecule has 0 fully saturated rings. The van der Waals surface area contributed by atoms with Crippen LogP contribution in [-0.2, 0) is 0 Å². The first-order valence-corrected chi connectivity index (χ1v) is 6.14. The molecule has 2 rings (SSSR count). The molecule has 0 atom stereocenters. The number of nitrogens with one attached hydrogen (secondary N) is 1. The summed E-state index contributed by atoms with van der Waals surface area (Å²) in [6.45, 7) is 2.39. The molecule has 2 aromatic rings. The molecule has 0 spiro atoms. The number of amides is 1. The molecule has 1 N–H and O–H groups in total. The number of hydrogen-bond acceptors (Lipinski definition) is 1. The Bertz CT molecular complexity index is 603. The first-order chi connectivity index (χ1) is 9.25. The molecule has 19 heavy (non-hydrogen) atoms. The van der Waals surface area contributed by atoms with Crippen LogP contribution in [0.5, 0.6) is 0 Å². The van der Waals surface area contributed by atoms with Crippen molar-refractivity contribution in [3.8, 4) is 11.8 Å². The lowest BCUT2D eigenvalue weighted by Crippen LogP contribution is -2.23. The molecule has 0 saturated heterocycles. The smallest absolute Gasteiger partial charge is 0.252 e. The fraction of sp³-hybridized carbons (Fsp3) is 0.118. The van der Waals surface area contributed by atoms with Gasteiger partial charge < -0.3 is 5.32 Å². The third-order valence-electron chi connectivity index (χ3n) is 2.66. The second-order valence-electron chi connectivity index (χ2n) is 4.22. The lowest BCUT2D eigenvalue weighted by atomic mass is 10.1. The van der Waals surface area contributed by atoms with Gasteiger partial charge in [0.2, 0.25) is 0 Å². The van der Waals surface area contributed by atoms with Gasteiger partial charge in [-0.25, -0.2) is 0 Å². The summed E-state index contributed by atoms with van der Waals surface area (Å²) in [7, 11) is 0. The lowest BCUT2D eigenvalue weighted by Gasteiger charge is -2.00. The molecular formula is C17H15NO. The molecule has 2 nitrogen and oxygen atoms in total. The second-order valence-corrected chi connectivity index (χ2v) is 4.22. The van der Waals surface area contributed by atoms with E-state index in [0.717, 1.165) is 5.56 Å². The SMILES string of the molecule is Cc1ccc(C#CCNC(=O)c2ccccc2)cc1. The van der Waals surface area contributed by atoms with Crippen LogP contribution in [0.1, 0.15) is 21.5 Å². The largest absolute Gasteiger partial charge is 0.341 e. The number of carbonyl (C=O) groups is 1. The van der Waals surface area contributed by atoms with Crippen LogP contribution in [0.4, 0.5) is 0 Å². The summed E-state index contributed by atoms with van der Waals surface area (Å²) < 4.78 is 0. The Morgan fingerprint density at radius 1 is 1.05 bits per heavy atom. The molecule has 0 unspecified atom stereocenters. The van der Waals surface area contributed by atoms with Crippen molar-refractivity contribution >= 4 is 5.91 Å². The van der Waals surface area contributed by atoms with Crippen molar-refractivity contribution in [2.45, 2.75) is 6.92 Å². The molecule has 0 radical (unpaired) electrons. The van der Waals surface area contributed by atoms with Crippen molar-refractivity contribution in [1.82, 2.24) is 5.32 Å². The van der Waals surface area contributed by atoms with Gasteiger partial charge in [-0.1, -0.05) is 47.7 Å². The molecule has 0 bridgehead atoms. The Hall–Kier alpha value is -2.53. The number of hydrogen-bond donors (Lipinski definition) is 1. The van der Waals surface area contributed by atoms with Crippen LogP contribution in [-0.4, -0.2) is 12.5 Å². The zero-order chi connectivity index (χ0) is 13.5. The fourth-order valence-corrected chi connectivity index (χ4v) is 1.60. The minimum atomic E-state index is -0.0983. The predicted molar refractivity (Wildman–Crippen MR) is 76.8 cm³/mol. The summed E-state index contributed by atoms with van der Waals surface area (Å²) >= 11 is 0. The van der Waals surface area contributed by atoms with Gasteiger partial charge in [0.25, 0.3) is 5.91 Å². The Morgan fingerprint density at radius 3 is 2.42 bits per heavy atom. The normalized spacial score (nSPS) is 9.32. The van der Waals surface area contributed by atoms with Gasteiger partial charge in [0, 0.05) is 11.1 Å². The third kappa shape index (κ3) is 4.01. The highest BCUT2D eigenvalue weighted by Gasteiger charge is 2.00. The summed E-state index contributed by atoms with van der Waals surface area (Å²) in [5, 5.41) is 2.77. The van der Waals surface area contributed by atoms with E-state index in [1.807, 2.05) is 49.4 Å². The molecule has 0 saturated carbocycles. The molecule has 0 aliphatic carbocycles. The highest BCUT2D eigenvalue weighted by molar-refractivity contribution is 5.94. The summed E-state index contributed by atoms with van der Waals surface area (Å²) in [4.78, 5) is 11.7. The van der Waals surface area contributed by atoms with Gasteiger partial charge in [0.1, 0.15) is 0 Å². The van der Waals surface area contributed by atoms with Gasteiger partial charge in [-0.05, 0) is 31.2 Å². The minimum absolute atomic E-state index is 0.0983. The van der Waals surface area contributed by atoms with E-state index in [1.54, 1.807) is 12.1 Å². The third-order valence-corrected chi connectivity index (χ3v) is 2.66. The molecule has 94 valence electrons. The molecule has 2 aromatic carbocycles. The van der Waals surface area contributed by atoms with Gasteiger partial charge in [-0.3, -0.25) is 4.79 Å². The number of carbonyl (C=O) groups excluding carboxylic acids is 1. The van der Waals surface area contributed by atoms with Gasteiger partial charge in [-0.2, -0.15) is 0 Å². The van der Waals surface area contributed by atoms with Crippen molar-refractivity contribution in [1.29, 1.82) is 0 Å². The number of aryl methyl sites for hydroxylation is 1. The molecule has 1 amide bonds. The fourth-order valence-electron chi connectivity index (χ4n) is 1.60.